The van der Waals surface area contributed by atoms with Crippen LogP contribution in [0.4, 0.5) is 5.69 Å². The van der Waals surface area contributed by atoms with E-state index in [9.17, 15) is 5.11 Å². The average molecular weight is 269 g/mol. The van der Waals surface area contributed by atoms with Gasteiger partial charge in [0, 0.05) is 11.7 Å². The number of phenols is 1. The van der Waals surface area contributed by atoms with Crippen molar-refractivity contribution in [3.8, 4) is 5.75 Å². The fourth-order valence-corrected chi connectivity index (χ4v) is 2.51. The lowest BCUT2D eigenvalue weighted by Gasteiger charge is -2.20. The molecule has 1 unspecified atom stereocenters. The molecule has 106 valence electrons. The van der Waals surface area contributed by atoms with Crippen LogP contribution in [0.1, 0.15) is 30.5 Å². The van der Waals surface area contributed by atoms with Crippen molar-refractivity contribution < 1.29 is 5.11 Å². The lowest BCUT2D eigenvalue weighted by Crippen LogP contribution is -2.19. The van der Waals surface area contributed by atoms with Crippen LogP contribution >= 0.6 is 0 Å². The molecule has 0 saturated heterocycles. The number of rotatable bonds is 5. The number of anilines is 1. The van der Waals surface area contributed by atoms with Crippen LogP contribution in [0.3, 0.4) is 0 Å². The highest BCUT2D eigenvalue weighted by molar-refractivity contribution is 5.57. The molecule has 0 aliphatic rings. The minimum Gasteiger partial charge on any atom is -0.508 e. The largest absolute Gasteiger partial charge is 0.508 e. The molecule has 0 aliphatic carbocycles. The number of phenolic OH excluding ortho intramolecular Hbond substituents is 1. The topological polar surface area (TPSA) is 32.3 Å². The normalized spacial score (nSPS) is 12.2. The number of hydrogen-bond donors (Lipinski definition) is 2. The van der Waals surface area contributed by atoms with Gasteiger partial charge in [0.25, 0.3) is 0 Å². The van der Waals surface area contributed by atoms with E-state index in [2.05, 4.69) is 44.3 Å². The van der Waals surface area contributed by atoms with Crippen molar-refractivity contribution in [2.45, 2.75) is 39.7 Å². The van der Waals surface area contributed by atoms with Crippen LogP contribution in [0.15, 0.2) is 42.5 Å². The zero-order valence-corrected chi connectivity index (χ0v) is 12.5. The van der Waals surface area contributed by atoms with Gasteiger partial charge in [-0.3, -0.25) is 0 Å². The van der Waals surface area contributed by atoms with E-state index >= 15 is 0 Å². The van der Waals surface area contributed by atoms with Crippen molar-refractivity contribution in [1.82, 2.24) is 0 Å². The number of hydrogen-bond acceptors (Lipinski definition) is 2. The molecule has 20 heavy (non-hydrogen) atoms. The Morgan fingerprint density at radius 2 is 1.80 bits per heavy atom. The average Bonchev–Trinajstić information content (AvgIpc) is 2.43. The maximum absolute atomic E-state index is 9.32. The highest BCUT2D eigenvalue weighted by Gasteiger charge is 2.08. The fourth-order valence-electron chi connectivity index (χ4n) is 2.51. The van der Waals surface area contributed by atoms with Gasteiger partial charge in [0.1, 0.15) is 5.75 Å². The lowest BCUT2D eigenvalue weighted by molar-refractivity contribution is 0.475. The number of para-hydroxylation sites is 1. The molecule has 0 saturated carbocycles. The lowest BCUT2D eigenvalue weighted by atomic mass is 10.0. The zero-order valence-electron chi connectivity index (χ0n) is 12.5. The van der Waals surface area contributed by atoms with Crippen LogP contribution in [-0.2, 0) is 12.8 Å². The number of aryl methyl sites for hydroxylation is 2. The molecule has 1 atom stereocenters. The standard InChI is InChI=1S/C18H23NO/c1-4-16-7-5-6-13(2)18(16)19-14(3)12-15-8-10-17(20)11-9-15/h5-11,14,19-20H,4,12H2,1-3H3. The first-order chi connectivity index (χ1) is 9.60. The molecule has 0 radical (unpaired) electrons. The predicted octanol–water partition coefficient (Wildman–Crippen LogP) is 4.31. The van der Waals surface area contributed by atoms with E-state index in [-0.39, 0.29) is 0 Å². The maximum Gasteiger partial charge on any atom is 0.115 e. The van der Waals surface area contributed by atoms with Gasteiger partial charge in [0.2, 0.25) is 0 Å². The fraction of sp³-hybridized carbons (Fsp3) is 0.333. The SMILES string of the molecule is CCc1cccc(C)c1NC(C)Cc1ccc(O)cc1. The summed E-state index contributed by atoms with van der Waals surface area (Å²) in [5.41, 5.74) is 5.15. The summed E-state index contributed by atoms with van der Waals surface area (Å²) in [6.45, 7) is 6.53. The molecule has 2 heteroatoms. The van der Waals surface area contributed by atoms with Crippen molar-refractivity contribution in [1.29, 1.82) is 0 Å². The first-order valence-corrected chi connectivity index (χ1v) is 7.23. The first kappa shape index (κ1) is 14.4. The molecule has 0 heterocycles. The molecule has 0 spiro atoms. The summed E-state index contributed by atoms with van der Waals surface area (Å²) in [6, 6.07) is 14.2. The molecule has 0 amide bonds. The molecular weight excluding hydrogens is 246 g/mol. The van der Waals surface area contributed by atoms with Crippen LogP contribution < -0.4 is 5.32 Å². The van der Waals surface area contributed by atoms with Crippen molar-refractivity contribution in [2.24, 2.45) is 0 Å². The van der Waals surface area contributed by atoms with Gasteiger partial charge in [0.05, 0.1) is 0 Å². The van der Waals surface area contributed by atoms with Crippen LogP contribution in [0, 0.1) is 6.92 Å². The summed E-state index contributed by atoms with van der Waals surface area (Å²) in [5.74, 6) is 0.321. The molecular formula is C18H23NO. The van der Waals surface area contributed by atoms with Gasteiger partial charge in [-0.15, -0.1) is 0 Å². The Morgan fingerprint density at radius 1 is 1.10 bits per heavy atom. The third-order valence-electron chi connectivity index (χ3n) is 3.61. The van der Waals surface area contributed by atoms with E-state index in [1.54, 1.807) is 12.1 Å². The molecule has 0 aliphatic heterocycles. The van der Waals surface area contributed by atoms with E-state index in [1.807, 2.05) is 12.1 Å². The molecule has 0 bridgehead atoms. The predicted molar refractivity (Wildman–Crippen MR) is 85.5 cm³/mol. The van der Waals surface area contributed by atoms with Gasteiger partial charge in [-0.05, 0) is 55.5 Å². The van der Waals surface area contributed by atoms with Gasteiger partial charge < -0.3 is 10.4 Å². The monoisotopic (exact) mass is 269 g/mol. The van der Waals surface area contributed by atoms with Crippen molar-refractivity contribution in [2.75, 3.05) is 5.32 Å². The van der Waals surface area contributed by atoms with E-state index in [1.165, 1.54) is 22.4 Å². The summed E-state index contributed by atoms with van der Waals surface area (Å²) >= 11 is 0. The number of aromatic hydroxyl groups is 1. The van der Waals surface area contributed by atoms with Crippen molar-refractivity contribution in [3.05, 3.63) is 59.2 Å². The number of benzene rings is 2. The van der Waals surface area contributed by atoms with E-state index in [0.29, 0.717) is 11.8 Å². The summed E-state index contributed by atoms with van der Waals surface area (Å²) in [4.78, 5) is 0. The third-order valence-corrected chi connectivity index (χ3v) is 3.61. The Hall–Kier alpha value is -1.96. The highest BCUT2D eigenvalue weighted by atomic mass is 16.3. The first-order valence-electron chi connectivity index (χ1n) is 7.23. The number of nitrogens with one attached hydrogen (secondary N) is 1. The van der Waals surface area contributed by atoms with Crippen LogP contribution in [0.5, 0.6) is 5.75 Å². The zero-order chi connectivity index (χ0) is 14.5. The van der Waals surface area contributed by atoms with Crippen LogP contribution in [-0.4, -0.2) is 11.1 Å². The molecule has 2 N–H and O–H groups in total. The second-order valence-corrected chi connectivity index (χ2v) is 5.38. The van der Waals surface area contributed by atoms with Gasteiger partial charge >= 0.3 is 0 Å². The molecule has 2 rings (SSSR count). The van der Waals surface area contributed by atoms with Gasteiger partial charge in [0.15, 0.2) is 0 Å². The molecule has 2 aromatic rings. The van der Waals surface area contributed by atoms with Gasteiger partial charge in [-0.1, -0.05) is 37.3 Å². The van der Waals surface area contributed by atoms with Crippen LogP contribution in [0.2, 0.25) is 0 Å². The van der Waals surface area contributed by atoms with E-state index in [4.69, 9.17) is 0 Å². The minimum atomic E-state index is 0.321. The second kappa shape index (κ2) is 6.47. The third kappa shape index (κ3) is 3.53. The minimum absolute atomic E-state index is 0.321. The molecule has 0 fully saturated rings. The summed E-state index contributed by atoms with van der Waals surface area (Å²) in [6.07, 6.45) is 1.98. The Kier molecular flexibility index (Phi) is 4.67. The van der Waals surface area contributed by atoms with Gasteiger partial charge in [-0.25, -0.2) is 0 Å². The van der Waals surface area contributed by atoms with E-state index < -0.39 is 0 Å². The maximum atomic E-state index is 9.32. The highest BCUT2D eigenvalue weighted by Crippen LogP contribution is 2.22. The van der Waals surface area contributed by atoms with Gasteiger partial charge in [-0.2, -0.15) is 0 Å². The Bertz CT molecular complexity index is 560. The second-order valence-electron chi connectivity index (χ2n) is 5.38. The summed E-state index contributed by atoms with van der Waals surface area (Å²) in [5, 5.41) is 12.9. The summed E-state index contributed by atoms with van der Waals surface area (Å²) in [7, 11) is 0. The van der Waals surface area contributed by atoms with Crippen molar-refractivity contribution >= 4 is 5.69 Å². The molecule has 2 aromatic carbocycles. The van der Waals surface area contributed by atoms with Crippen LogP contribution in [0.25, 0.3) is 0 Å². The Balaban J connectivity index is 2.08. The van der Waals surface area contributed by atoms with Crippen molar-refractivity contribution in [3.63, 3.8) is 0 Å². The Morgan fingerprint density at radius 3 is 2.45 bits per heavy atom. The van der Waals surface area contributed by atoms with E-state index in [0.717, 1.165) is 12.8 Å². The summed E-state index contributed by atoms with van der Waals surface area (Å²) < 4.78 is 0. The molecule has 2 nitrogen and oxygen atoms in total. The quantitative estimate of drug-likeness (QED) is 0.848. The molecule has 0 aromatic heterocycles. The smallest absolute Gasteiger partial charge is 0.115 e. The Labute approximate surface area is 121 Å².